The highest BCUT2D eigenvalue weighted by Crippen LogP contribution is 2.30. The number of para-hydroxylation sites is 1. The number of piperidine rings is 1. The van der Waals surface area contributed by atoms with Crippen molar-refractivity contribution >= 4 is 11.7 Å². The number of rotatable bonds is 3. The molecule has 1 saturated heterocycles. The van der Waals surface area contributed by atoms with E-state index in [0.717, 1.165) is 25.2 Å². The van der Waals surface area contributed by atoms with Crippen molar-refractivity contribution in [3.8, 4) is 0 Å². The summed E-state index contributed by atoms with van der Waals surface area (Å²) in [5, 5.41) is 6.69. The number of carbonyl (C=O) groups excluding carboxylic acids is 1. The molecule has 98 valence electrons. The first-order valence-corrected chi connectivity index (χ1v) is 6.31. The van der Waals surface area contributed by atoms with Crippen LogP contribution in [-0.2, 0) is 9.53 Å². The lowest BCUT2D eigenvalue weighted by molar-refractivity contribution is -0.148. The predicted molar refractivity (Wildman–Crippen MR) is 71.5 cm³/mol. The van der Waals surface area contributed by atoms with Crippen molar-refractivity contribution in [3.63, 3.8) is 0 Å². The summed E-state index contributed by atoms with van der Waals surface area (Å²) in [6, 6.07) is 9.82. The molecule has 4 heteroatoms. The number of anilines is 1. The fourth-order valence-corrected chi connectivity index (χ4v) is 2.53. The Labute approximate surface area is 108 Å². The van der Waals surface area contributed by atoms with Crippen molar-refractivity contribution in [2.75, 3.05) is 25.5 Å². The molecule has 4 nitrogen and oxygen atoms in total. The second-order valence-corrected chi connectivity index (χ2v) is 4.81. The Kier molecular flexibility index (Phi) is 3.87. The van der Waals surface area contributed by atoms with E-state index in [9.17, 15) is 4.79 Å². The van der Waals surface area contributed by atoms with Gasteiger partial charge >= 0.3 is 5.97 Å². The van der Waals surface area contributed by atoms with E-state index >= 15 is 0 Å². The first-order valence-electron chi connectivity index (χ1n) is 6.31. The summed E-state index contributed by atoms with van der Waals surface area (Å²) < 4.78 is 5.01. The number of carbonyl (C=O) groups is 1. The summed E-state index contributed by atoms with van der Waals surface area (Å²) in [5.41, 5.74) is 0.332. The standard InChI is InChI=1S/C14H20N2O2/c1-11-10-15-9-8-14(11,13(17)18-2)16-12-6-4-3-5-7-12/h3-7,11,15-16H,8-10H2,1-2H3. The molecular weight excluding hydrogens is 228 g/mol. The second-order valence-electron chi connectivity index (χ2n) is 4.81. The van der Waals surface area contributed by atoms with E-state index in [0.29, 0.717) is 0 Å². The molecule has 1 aliphatic rings. The van der Waals surface area contributed by atoms with E-state index in [1.54, 1.807) is 0 Å². The lowest BCUT2D eigenvalue weighted by Gasteiger charge is -2.41. The molecule has 1 fully saturated rings. The second kappa shape index (κ2) is 5.40. The Balaban J connectivity index is 2.27. The van der Waals surface area contributed by atoms with Crippen LogP contribution in [0.1, 0.15) is 13.3 Å². The van der Waals surface area contributed by atoms with Crippen molar-refractivity contribution in [2.24, 2.45) is 5.92 Å². The Morgan fingerprint density at radius 2 is 2.17 bits per heavy atom. The zero-order chi connectivity index (χ0) is 13.0. The number of nitrogens with one attached hydrogen (secondary N) is 2. The minimum Gasteiger partial charge on any atom is -0.467 e. The van der Waals surface area contributed by atoms with Gasteiger partial charge in [0, 0.05) is 18.2 Å². The predicted octanol–water partition coefficient (Wildman–Crippen LogP) is 1.64. The highest BCUT2D eigenvalue weighted by atomic mass is 16.5. The van der Waals surface area contributed by atoms with Crippen molar-refractivity contribution in [3.05, 3.63) is 30.3 Å². The highest BCUT2D eigenvalue weighted by Gasteiger charge is 2.46. The maximum absolute atomic E-state index is 12.2. The molecule has 1 aliphatic heterocycles. The number of esters is 1. The van der Waals surface area contributed by atoms with E-state index < -0.39 is 5.54 Å². The number of hydrogen-bond donors (Lipinski definition) is 2. The number of methoxy groups -OCH3 is 1. The van der Waals surface area contributed by atoms with Crippen molar-refractivity contribution in [1.29, 1.82) is 0 Å². The van der Waals surface area contributed by atoms with Gasteiger partial charge in [-0.05, 0) is 25.1 Å². The van der Waals surface area contributed by atoms with Gasteiger partial charge in [0.2, 0.25) is 0 Å². The summed E-state index contributed by atoms with van der Waals surface area (Å²) in [4.78, 5) is 12.2. The highest BCUT2D eigenvalue weighted by molar-refractivity contribution is 5.85. The monoisotopic (exact) mass is 248 g/mol. The molecule has 0 bridgehead atoms. The number of hydrogen-bond acceptors (Lipinski definition) is 4. The van der Waals surface area contributed by atoms with Gasteiger partial charge in [0.25, 0.3) is 0 Å². The Hall–Kier alpha value is -1.55. The van der Waals surface area contributed by atoms with Gasteiger partial charge in [0.15, 0.2) is 0 Å². The van der Waals surface area contributed by atoms with Crippen LogP contribution in [0.5, 0.6) is 0 Å². The molecule has 0 saturated carbocycles. The molecule has 1 aromatic carbocycles. The number of ether oxygens (including phenoxy) is 1. The lowest BCUT2D eigenvalue weighted by Crippen LogP contribution is -2.59. The van der Waals surface area contributed by atoms with E-state index in [-0.39, 0.29) is 11.9 Å². The van der Waals surface area contributed by atoms with Crippen LogP contribution < -0.4 is 10.6 Å². The molecule has 1 aromatic rings. The van der Waals surface area contributed by atoms with Crippen LogP contribution in [0.4, 0.5) is 5.69 Å². The molecule has 0 amide bonds. The van der Waals surface area contributed by atoms with Crippen LogP contribution in [0.3, 0.4) is 0 Å². The quantitative estimate of drug-likeness (QED) is 0.798. The van der Waals surface area contributed by atoms with Gasteiger partial charge in [-0.3, -0.25) is 0 Å². The van der Waals surface area contributed by atoms with Crippen LogP contribution >= 0.6 is 0 Å². The van der Waals surface area contributed by atoms with E-state index in [1.165, 1.54) is 7.11 Å². The molecule has 2 rings (SSSR count). The molecule has 2 unspecified atom stereocenters. The van der Waals surface area contributed by atoms with E-state index in [1.807, 2.05) is 30.3 Å². The SMILES string of the molecule is COC(=O)C1(Nc2ccccc2)CCNCC1C. The largest absolute Gasteiger partial charge is 0.467 e. The van der Waals surface area contributed by atoms with Gasteiger partial charge in [0.1, 0.15) is 5.54 Å². The molecule has 2 N–H and O–H groups in total. The third-order valence-electron chi connectivity index (χ3n) is 3.68. The molecule has 0 spiro atoms. The van der Waals surface area contributed by atoms with Gasteiger partial charge < -0.3 is 15.4 Å². The zero-order valence-corrected chi connectivity index (χ0v) is 10.9. The van der Waals surface area contributed by atoms with Gasteiger partial charge in [-0.15, -0.1) is 0 Å². The molecule has 18 heavy (non-hydrogen) atoms. The van der Waals surface area contributed by atoms with Crippen LogP contribution in [0.15, 0.2) is 30.3 Å². The maximum atomic E-state index is 12.2. The molecule has 0 aromatic heterocycles. The van der Waals surface area contributed by atoms with Crippen LogP contribution in [-0.4, -0.2) is 31.7 Å². The van der Waals surface area contributed by atoms with Gasteiger partial charge in [-0.25, -0.2) is 4.79 Å². The average Bonchev–Trinajstić information content (AvgIpc) is 2.41. The van der Waals surface area contributed by atoms with E-state index in [2.05, 4.69) is 17.6 Å². The minimum absolute atomic E-state index is 0.180. The summed E-state index contributed by atoms with van der Waals surface area (Å²) >= 11 is 0. The van der Waals surface area contributed by atoms with Crippen LogP contribution in [0.25, 0.3) is 0 Å². The van der Waals surface area contributed by atoms with Crippen LogP contribution in [0.2, 0.25) is 0 Å². The minimum atomic E-state index is -0.624. The first-order chi connectivity index (χ1) is 8.69. The summed E-state index contributed by atoms with van der Waals surface area (Å²) in [7, 11) is 1.45. The number of benzene rings is 1. The average molecular weight is 248 g/mol. The Bertz CT molecular complexity index is 408. The fraction of sp³-hybridized carbons (Fsp3) is 0.500. The molecule has 1 heterocycles. The van der Waals surface area contributed by atoms with Crippen LogP contribution in [0, 0.1) is 5.92 Å². The third kappa shape index (κ3) is 2.34. The molecular formula is C14H20N2O2. The maximum Gasteiger partial charge on any atom is 0.331 e. The van der Waals surface area contributed by atoms with Crippen molar-refractivity contribution in [1.82, 2.24) is 5.32 Å². The lowest BCUT2D eigenvalue weighted by atomic mass is 9.79. The fourth-order valence-electron chi connectivity index (χ4n) is 2.53. The molecule has 0 aliphatic carbocycles. The van der Waals surface area contributed by atoms with Gasteiger partial charge in [-0.2, -0.15) is 0 Å². The Morgan fingerprint density at radius 3 is 2.78 bits per heavy atom. The third-order valence-corrected chi connectivity index (χ3v) is 3.68. The zero-order valence-electron chi connectivity index (χ0n) is 10.9. The van der Waals surface area contributed by atoms with Crippen molar-refractivity contribution in [2.45, 2.75) is 18.9 Å². The summed E-state index contributed by atoms with van der Waals surface area (Å²) in [6.07, 6.45) is 0.732. The van der Waals surface area contributed by atoms with Crippen molar-refractivity contribution < 1.29 is 9.53 Å². The topological polar surface area (TPSA) is 50.4 Å². The molecule has 2 atom stereocenters. The van der Waals surface area contributed by atoms with Gasteiger partial charge in [-0.1, -0.05) is 25.1 Å². The van der Waals surface area contributed by atoms with Gasteiger partial charge in [0.05, 0.1) is 7.11 Å². The molecule has 0 radical (unpaired) electrons. The van der Waals surface area contributed by atoms with E-state index in [4.69, 9.17) is 4.74 Å². The first kappa shape index (κ1) is 12.9. The summed E-state index contributed by atoms with van der Waals surface area (Å²) in [6.45, 7) is 3.70. The smallest absolute Gasteiger partial charge is 0.331 e. The Morgan fingerprint density at radius 1 is 1.44 bits per heavy atom. The summed E-state index contributed by atoms with van der Waals surface area (Å²) in [5.74, 6) is -0.000686. The normalized spacial score (nSPS) is 27.6.